The first-order valence-electron chi connectivity index (χ1n) is 5.75. The molecule has 0 saturated heterocycles. The number of rotatable bonds is 8. The van der Waals surface area contributed by atoms with Gasteiger partial charge in [0.25, 0.3) is 0 Å². The number of aromatic carboxylic acids is 1. The van der Waals surface area contributed by atoms with Crippen molar-refractivity contribution in [3.8, 4) is 0 Å². The number of sulfone groups is 1. The van der Waals surface area contributed by atoms with Gasteiger partial charge < -0.3 is 15.6 Å². The molecule has 0 amide bonds. The smallest absolute Gasteiger partial charge is 0.335 e. The van der Waals surface area contributed by atoms with E-state index < -0.39 is 15.8 Å². The van der Waals surface area contributed by atoms with Gasteiger partial charge in [0.2, 0.25) is 0 Å². The Morgan fingerprint density at radius 2 is 1.84 bits per heavy atom. The van der Waals surface area contributed by atoms with Gasteiger partial charge in [-0.3, -0.25) is 0 Å². The van der Waals surface area contributed by atoms with Gasteiger partial charge in [0.15, 0.2) is 9.84 Å². The lowest BCUT2D eigenvalue weighted by Crippen LogP contribution is -2.17. The van der Waals surface area contributed by atoms with Crippen LogP contribution in [-0.4, -0.2) is 45.0 Å². The van der Waals surface area contributed by atoms with Crippen LogP contribution in [0.15, 0.2) is 24.3 Å². The van der Waals surface area contributed by atoms with Crippen LogP contribution in [0.25, 0.3) is 0 Å². The molecular weight excluding hydrogens is 270 g/mol. The lowest BCUT2D eigenvalue weighted by Gasteiger charge is -2.05. The van der Waals surface area contributed by atoms with Crippen LogP contribution < -0.4 is 5.73 Å². The maximum atomic E-state index is 11.8. The Morgan fingerprint density at radius 3 is 2.37 bits per heavy atom. The first kappa shape index (κ1) is 15.6. The molecule has 1 aromatic rings. The summed E-state index contributed by atoms with van der Waals surface area (Å²) < 4.78 is 28.5. The fraction of sp³-hybridized carbons (Fsp3) is 0.417. The van der Waals surface area contributed by atoms with Crippen molar-refractivity contribution in [1.82, 2.24) is 0 Å². The van der Waals surface area contributed by atoms with Crippen LogP contribution in [0.1, 0.15) is 15.9 Å². The van der Waals surface area contributed by atoms with Crippen molar-refractivity contribution >= 4 is 15.8 Å². The van der Waals surface area contributed by atoms with Gasteiger partial charge in [0.05, 0.1) is 30.3 Å². The van der Waals surface area contributed by atoms with Crippen molar-refractivity contribution in [3.63, 3.8) is 0 Å². The summed E-state index contributed by atoms with van der Waals surface area (Å²) >= 11 is 0. The molecule has 1 aromatic carbocycles. The minimum atomic E-state index is -3.26. The molecule has 0 bridgehead atoms. The molecule has 0 spiro atoms. The molecule has 3 N–H and O–H groups in total. The minimum absolute atomic E-state index is 0.0757. The molecule has 0 fully saturated rings. The average Bonchev–Trinajstić information content (AvgIpc) is 2.35. The van der Waals surface area contributed by atoms with E-state index in [1.54, 1.807) is 0 Å². The Morgan fingerprint density at radius 1 is 1.21 bits per heavy atom. The fourth-order valence-corrected chi connectivity index (χ4v) is 2.66. The number of carboxylic acids is 1. The molecule has 6 nitrogen and oxygen atoms in total. The second-order valence-electron chi connectivity index (χ2n) is 4.00. The van der Waals surface area contributed by atoms with Crippen LogP contribution in [-0.2, 0) is 20.3 Å². The average molecular weight is 287 g/mol. The van der Waals surface area contributed by atoms with Crippen LogP contribution in [0.2, 0.25) is 0 Å². The van der Waals surface area contributed by atoms with Crippen molar-refractivity contribution in [2.45, 2.75) is 5.75 Å². The highest BCUT2D eigenvalue weighted by Gasteiger charge is 2.12. The van der Waals surface area contributed by atoms with Gasteiger partial charge in [-0.15, -0.1) is 0 Å². The summed E-state index contributed by atoms with van der Waals surface area (Å²) in [5.41, 5.74) is 5.91. The Balaban J connectivity index is 2.55. The van der Waals surface area contributed by atoms with Crippen LogP contribution in [0.3, 0.4) is 0 Å². The van der Waals surface area contributed by atoms with E-state index in [4.69, 9.17) is 15.6 Å². The van der Waals surface area contributed by atoms with E-state index in [0.717, 1.165) is 0 Å². The van der Waals surface area contributed by atoms with Gasteiger partial charge in [-0.2, -0.15) is 0 Å². The molecule has 106 valence electrons. The third-order valence-electron chi connectivity index (χ3n) is 2.39. The molecule has 0 aliphatic rings. The lowest BCUT2D eigenvalue weighted by molar-refractivity contribution is 0.0697. The Hall–Kier alpha value is -1.44. The topological polar surface area (TPSA) is 107 Å². The maximum Gasteiger partial charge on any atom is 0.335 e. The number of carbonyl (C=O) groups is 1. The molecule has 19 heavy (non-hydrogen) atoms. The highest BCUT2D eigenvalue weighted by atomic mass is 32.2. The molecule has 0 aliphatic heterocycles. The van der Waals surface area contributed by atoms with Gasteiger partial charge >= 0.3 is 5.97 Å². The lowest BCUT2D eigenvalue weighted by atomic mass is 10.1. The molecule has 0 radical (unpaired) electrons. The quantitative estimate of drug-likeness (QED) is 0.665. The van der Waals surface area contributed by atoms with Crippen molar-refractivity contribution < 1.29 is 23.1 Å². The largest absolute Gasteiger partial charge is 0.478 e. The van der Waals surface area contributed by atoms with Crippen molar-refractivity contribution in [3.05, 3.63) is 35.4 Å². The summed E-state index contributed by atoms with van der Waals surface area (Å²) in [7, 11) is -3.26. The van der Waals surface area contributed by atoms with Crippen LogP contribution in [0.4, 0.5) is 0 Å². The van der Waals surface area contributed by atoms with Crippen LogP contribution >= 0.6 is 0 Å². The summed E-state index contributed by atoms with van der Waals surface area (Å²) in [6, 6.07) is 5.78. The minimum Gasteiger partial charge on any atom is -0.478 e. The van der Waals surface area contributed by atoms with Crippen molar-refractivity contribution in [2.75, 3.05) is 25.5 Å². The van der Waals surface area contributed by atoms with E-state index in [1.807, 2.05) is 0 Å². The zero-order valence-electron chi connectivity index (χ0n) is 10.4. The number of ether oxygens (including phenoxy) is 1. The van der Waals surface area contributed by atoms with E-state index in [2.05, 4.69) is 0 Å². The summed E-state index contributed by atoms with van der Waals surface area (Å²) in [6.07, 6.45) is 0. The highest BCUT2D eigenvalue weighted by molar-refractivity contribution is 7.90. The number of hydrogen-bond donors (Lipinski definition) is 2. The van der Waals surface area contributed by atoms with Gasteiger partial charge in [-0.25, -0.2) is 13.2 Å². The van der Waals surface area contributed by atoms with E-state index in [1.165, 1.54) is 24.3 Å². The van der Waals surface area contributed by atoms with Gasteiger partial charge in [0.1, 0.15) is 0 Å². The van der Waals surface area contributed by atoms with Crippen LogP contribution in [0, 0.1) is 0 Å². The molecule has 0 saturated carbocycles. The second kappa shape index (κ2) is 7.22. The van der Waals surface area contributed by atoms with E-state index >= 15 is 0 Å². The molecule has 0 aliphatic carbocycles. The first-order valence-corrected chi connectivity index (χ1v) is 7.57. The van der Waals surface area contributed by atoms with Crippen LogP contribution in [0.5, 0.6) is 0 Å². The molecule has 7 heteroatoms. The predicted molar refractivity (Wildman–Crippen MR) is 70.8 cm³/mol. The van der Waals surface area contributed by atoms with Gasteiger partial charge in [0, 0.05) is 6.54 Å². The van der Waals surface area contributed by atoms with E-state index in [0.29, 0.717) is 18.7 Å². The number of hydrogen-bond acceptors (Lipinski definition) is 5. The normalized spacial score (nSPS) is 11.4. The Bertz CT molecular complexity index is 509. The Kier molecular flexibility index (Phi) is 5.94. The summed E-state index contributed by atoms with van der Waals surface area (Å²) in [4.78, 5) is 10.7. The Labute approximate surface area is 112 Å². The van der Waals surface area contributed by atoms with Crippen molar-refractivity contribution in [1.29, 1.82) is 0 Å². The zero-order chi connectivity index (χ0) is 14.3. The van der Waals surface area contributed by atoms with E-state index in [-0.39, 0.29) is 23.7 Å². The fourth-order valence-electron chi connectivity index (χ4n) is 1.44. The molecule has 0 aromatic heterocycles. The molecular formula is C12H17NO5S. The SMILES string of the molecule is NCCOCCS(=O)(=O)Cc1ccc(C(=O)O)cc1. The molecule has 0 unspecified atom stereocenters. The molecule has 0 heterocycles. The zero-order valence-corrected chi connectivity index (χ0v) is 11.2. The predicted octanol–water partition coefficient (Wildman–Crippen LogP) is 0.275. The summed E-state index contributed by atoms with van der Waals surface area (Å²) in [5.74, 6) is -1.24. The third-order valence-corrected chi connectivity index (χ3v) is 3.95. The van der Waals surface area contributed by atoms with Gasteiger partial charge in [-0.1, -0.05) is 12.1 Å². The summed E-state index contributed by atoms with van der Waals surface area (Å²) in [5, 5.41) is 8.73. The number of nitrogens with two attached hydrogens (primary N) is 1. The monoisotopic (exact) mass is 287 g/mol. The first-order chi connectivity index (χ1) is 8.94. The third kappa shape index (κ3) is 5.82. The summed E-state index contributed by atoms with van der Waals surface area (Å²) in [6.45, 7) is 0.812. The van der Waals surface area contributed by atoms with E-state index in [9.17, 15) is 13.2 Å². The molecule has 1 rings (SSSR count). The highest BCUT2D eigenvalue weighted by Crippen LogP contribution is 2.09. The standard InChI is InChI=1S/C12H17NO5S/c13-5-6-18-7-8-19(16,17)9-10-1-3-11(4-2-10)12(14)15/h1-4H,5-9,13H2,(H,14,15). The maximum absolute atomic E-state index is 11.8. The van der Waals surface area contributed by atoms with Gasteiger partial charge in [-0.05, 0) is 17.7 Å². The number of carboxylic acid groups (broad SMARTS) is 1. The number of benzene rings is 1. The second-order valence-corrected chi connectivity index (χ2v) is 6.18. The molecule has 0 atom stereocenters. The van der Waals surface area contributed by atoms with Crippen molar-refractivity contribution in [2.24, 2.45) is 5.73 Å².